The number of nitrogens with zero attached hydrogens (tertiary/aromatic N) is 4. The van der Waals surface area contributed by atoms with Gasteiger partial charge in [0, 0.05) is 37.3 Å². The first kappa shape index (κ1) is 17.3. The van der Waals surface area contributed by atoms with E-state index in [4.69, 9.17) is 4.74 Å². The molecular formula is C18H25N5O2. The van der Waals surface area contributed by atoms with Crippen LogP contribution in [-0.2, 0) is 6.54 Å². The van der Waals surface area contributed by atoms with E-state index in [9.17, 15) is 4.79 Å². The van der Waals surface area contributed by atoms with Crippen molar-refractivity contribution >= 4 is 11.7 Å². The topological polar surface area (TPSA) is 72.3 Å². The standard InChI is InChI=1S/C18H25N5O2/c1-4-22-12-19-21-17(22)14-6-5-9-23(11-14)18(24)20-16-10-15(25-3)8-7-13(16)2/h7-8,10,12,14H,4-6,9,11H2,1-3H3,(H,20,24). The zero-order valence-corrected chi connectivity index (χ0v) is 15.0. The second-order valence-electron chi connectivity index (χ2n) is 6.37. The van der Waals surface area contributed by atoms with Gasteiger partial charge in [-0.2, -0.15) is 0 Å². The predicted octanol–water partition coefficient (Wildman–Crippen LogP) is 3.03. The van der Waals surface area contributed by atoms with E-state index in [1.807, 2.05) is 30.0 Å². The highest BCUT2D eigenvalue weighted by Crippen LogP contribution is 2.27. The van der Waals surface area contributed by atoms with Crippen molar-refractivity contribution in [1.82, 2.24) is 19.7 Å². The molecular weight excluding hydrogens is 318 g/mol. The molecule has 1 fully saturated rings. The van der Waals surface area contributed by atoms with E-state index in [2.05, 4.69) is 27.0 Å². The Bertz CT molecular complexity index is 743. The number of rotatable bonds is 4. The zero-order valence-electron chi connectivity index (χ0n) is 15.0. The number of urea groups is 1. The number of amides is 2. The molecule has 7 heteroatoms. The molecule has 0 aliphatic carbocycles. The number of carbonyl (C=O) groups is 1. The Morgan fingerprint density at radius 2 is 2.28 bits per heavy atom. The van der Waals surface area contributed by atoms with Crippen LogP contribution in [0.15, 0.2) is 24.5 Å². The van der Waals surface area contributed by atoms with Crippen molar-refractivity contribution in [3.05, 3.63) is 35.9 Å². The van der Waals surface area contributed by atoms with Crippen LogP contribution in [0.4, 0.5) is 10.5 Å². The van der Waals surface area contributed by atoms with E-state index in [0.717, 1.165) is 48.8 Å². The first-order chi connectivity index (χ1) is 12.1. The molecule has 1 aromatic heterocycles. The predicted molar refractivity (Wildman–Crippen MR) is 96.0 cm³/mol. The number of likely N-dealkylation sites (tertiary alicyclic amines) is 1. The van der Waals surface area contributed by atoms with Gasteiger partial charge in [-0.3, -0.25) is 0 Å². The van der Waals surface area contributed by atoms with Gasteiger partial charge in [0.2, 0.25) is 0 Å². The van der Waals surface area contributed by atoms with Gasteiger partial charge in [0.15, 0.2) is 0 Å². The Morgan fingerprint density at radius 3 is 3.04 bits per heavy atom. The van der Waals surface area contributed by atoms with Crippen LogP contribution in [0.25, 0.3) is 0 Å². The number of ether oxygens (including phenoxy) is 1. The van der Waals surface area contributed by atoms with Crippen LogP contribution in [0.1, 0.15) is 37.1 Å². The number of anilines is 1. The molecule has 1 atom stereocenters. The number of hydrogen-bond acceptors (Lipinski definition) is 4. The normalized spacial score (nSPS) is 17.4. The van der Waals surface area contributed by atoms with Crippen LogP contribution in [0.3, 0.4) is 0 Å². The van der Waals surface area contributed by atoms with Crippen molar-refractivity contribution in [2.75, 3.05) is 25.5 Å². The lowest BCUT2D eigenvalue weighted by Crippen LogP contribution is -2.42. The van der Waals surface area contributed by atoms with Crippen LogP contribution >= 0.6 is 0 Å². The number of carbonyl (C=O) groups excluding carboxylic acids is 1. The summed E-state index contributed by atoms with van der Waals surface area (Å²) in [5.74, 6) is 1.93. The van der Waals surface area contributed by atoms with E-state index in [1.54, 1.807) is 13.4 Å². The molecule has 0 spiro atoms. The molecule has 1 aliphatic heterocycles. The second kappa shape index (κ2) is 7.55. The molecule has 134 valence electrons. The molecule has 1 aliphatic rings. The fraction of sp³-hybridized carbons (Fsp3) is 0.500. The highest BCUT2D eigenvalue weighted by atomic mass is 16.5. The van der Waals surface area contributed by atoms with Gasteiger partial charge in [-0.05, 0) is 38.3 Å². The van der Waals surface area contributed by atoms with Gasteiger partial charge in [0.1, 0.15) is 17.9 Å². The highest BCUT2D eigenvalue weighted by molar-refractivity contribution is 5.90. The van der Waals surface area contributed by atoms with E-state index < -0.39 is 0 Å². The van der Waals surface area contributed by atoms with Crippen molar-refractivity contribution in [3.63, 3.8) is 0 Å². The summed E-state index contributed by atoms with van der Waals surface area (Å²) in [6.45, 7) is 6.30. The van der Waals surface area contributed by atoms with E-state index in [0.29, 0.717) is 6.54 Å². The molecule has 2 heterocycles. The minimum absolute atomic E-state index is 0.0800. The third-order valence-electron chi connectivity index (χ3n) is 4.75. The lowest BCUT2D eigenvalue weighted by molar-refractivity contribution is 0.190. The van der Waals surface area contributed by atoms with Gasteiger partial charge in [0.05, 0.1) is 7.11 Å². The smallest absolute Gasteiger partial charge is 0.321 e. The lowest BCUT2D eigenvalue weighted by atomic mass is 9.97. The maximum Gasteiger partial charge on any atom is 0.321 e. The minimum atomic E-state index is -0.0800. The summed E-state index contributed by atoms with van der Waals surface area (Å²) >= 11 is 0. The van der Waals surface area contributed by atoms with Crippen LogP contribution in [0.5, 0.6) is 5.75 Å². The number of aryl methyl sites for hydroxylation is 2. The number of aromatic nitrogens is 3. The number of piperidine rings is 1. The summed E-state index contributed by atoms with van der Waals surface area (Å²) in [6.07, 6.45) is 3.75. The Hall–Kier alpha value is -2.57. The summed E-state index contributed by atoms with van der Waals surface area (Å²) in [4.78, 5) is 14.6. The quantitative estimate of drug-likeness (QED) is 0.926. The van der Waals surface area contributed by atoms with Gasteiger partial charge >= 0.3 is 6.03 Å². The molecule has 1 N–H and O–H groups in total. The molecule has 3 rings (SSSR count). The van der Waals surface area contributed by atoms with Crippen LogP contribution in [0.2, 0.25) is 0 Å². The second-order valence-corrected chi connectivity index (χ2v) is 6.37. The van der Waals surface area contributed by atoms with Crippen LogP contribution in [-0.4, -0.2) is 45.9 Å². The molecule has 0 saturated carbocycles. The van der Waals surface area contributed by atoms with Crippen molar-refractivity contribution in [2.45, 2.75) is 39.2 Å². The van der Waals surface area contributed by atoms with Crippen LogP contribution in [0, 0.1) is 6.92 Å². The highest BCUT2D eigenvalue weighted by Gasteiger charge is 2.28. The van der Waals surface area contributed by atoms with Crippen molar-refractivity contribution in [2.24, 2.45) is 0 Å². The average molecular weight is 343 g/mol. The summed E-state index contributed by atoms with van der Waals surface area (Å²) in [6, 6.07) is 5.60. The fourth-order valence-corrected chi connectivity index (χ4v) is 3.25. The largest absolute Gasteiger partial charge is 0.497 e. The van der Waals surface area contributed by atoms with E-state index in [-0.39, 0.29) is 11.9 Å². The summed E-state index contributed by atoms with van der Waals surface area (Å²) in [7, 11) is 1.62. The third kappa shape index (κ3) is 3.75. The summed E-state index contributed by atoms with van der Waals surface area (Å²) in [5, 5.41) is 11.3. The molecule has 1 aromatic carbocycles. The SMILES string of the molecule is CCn1cnnc1C1CCCN(C(=O)Nc2cc(OC)ccc2C)C1. The average Bonchev–Trinajstić information content (AvgIpc) is 3.12. The Balaban J connectivity index is 1.70. The Kier molecular flexibility index (Phi) is 5.21. The molecule has 2 amide bonds. The van der Waals surface area contributed by atoms with Gasteiger partial charge in [-0.15, -0.1) is 10.2 Å². The number of nitrogens with one attached hydrogen (secondary N) is 1. The van der Waals surface area contributed by atoms with E-state index in [1.165, 1.54) is 0 Å². The number of hydrogen-bond donors (Lipinski definition) is 1. The van der Waals surface area contributed by atoms with Gasteiger partial charge in [-0.1, -0.05) is 6.07 Å². The lowest BCUT2D eigenvalue weighted by Gasteiger charge is -2.32. The monoisotopic (exact) mass is 343 g/mol. The van der Waals surface area contributed by atoms with Crippen molar-refractivity contribution < 1.29 is 9.53 Å². The summed E-state index contributed by atoms with van der Waals surface area (Å²) < 4.78 is 7.30. The Morgan fingerprint density at radius 1 is 1.44 bits per heavy atom. The molecule has 1 saturated heterocycles. The minimum Gasteiger partial charge on any atom is -0.497 e. The molecule has 1 unspecified atom stereocenters. The van der Waals surface area contributed by atoms with Gasteiger partial charge in [-0.25, -0.2) is 4.79 Å². The Labute approximate surface area is 148 Å². The maximum atomic E-state index is 12.7. The van der Waals surface area contributed by atoms with Crippen molar-refractivity contribution in [1.29, 1.82) is 0 Å². The molecule has 0 bridgehead atoms. The molecule has 2 aromatic rings. The first-order valence-corrected chi connectivity index (χ1v) is 8.70. The first-order valence-electron chi connectivity index (χ1n) is 8.70. The van der Waals surface area contributed by atoms with Gasteiger partial charge in [0.25, 0.3) is 0 Å². The van der Waals surface area contributed by atoms with Crippen molar-refractivity contribution in [3.8, 4) is 5.75 Å². The fourth-order valence-electron chi connectivity index (χ4n) is 3.25. The van der Waals surface area contributed by atoms with Gasteiger partial charge < -0.3 is 19.5 Å². The van der Waals surface area contributed by atoms with Crippen LogP contribution < -0.4 is 10.1 Å². The molecule has 0 radical (unpaired) electrons. The maximum absolute atomic E-state index is 12.7. The molecule has 25 heavy (non-hydrogen) atoms. The zero-order chi connectivity index (χ0) is 17.8. The summed E-state index contributed by atoms with van der Waals surface area (Å²) in [5.41, 5.74) is 1.79. The number of methoxy groups -OCH3 is 1. The van der Waals surface area contributed by atoms with E-state index >= 15 is 0 Å². The number of benzene rings is 1. The third-order valence-corrected chi connectivity index (χ3v) is 4.75. The molecule has 7 nitrogen and oxygen atoms in total.